The Hall–Kier alpha value is -1.50. The molecule has 1 heteroatoms. The van der Waals surface area contributed by atoms with E-state index >= 15 is 0 Å². The van der Waals surface area contributed by atoms with Crippen molar-refractivity contribution in [3.8, 4) is 5.75 Å². The zero-order valence-corrected chi connectivity index (χ0v) is 8.29. The van der Waals surface area contributed by atoms with Crippen LogP contribution in [0.4, 0.5) is 0 Å². The first-order valence-corrected chi connectivity index (χ1v) is 4.58. The fourth-order valence-corrected chi connectivity index (χ4v) is 1.45. The number of benzene rings is 1. The number of hydrogen-bond donors (Lipinski definition) is 1. The van der Waals surface area contributed by atoms with E-state index < -0.39 is 0 Å². The van der Waals surface area contributed by atoms with Crippen LogP contribution < -0.4 is 0 Å². The van der Waals surface area contributed by atoms with Gasteiger partial charge in [-0.3, -0.25) is 0 Å². The first-order chi connectivity index (χ1) is 6.70. The Bertz CT molecular complexity index is 350. The molecule has 73 valence electrons. The van der Waals surface area contributed by atoms with Crippen LogP contribution in [0.1, 0.15) is 16.7 Å². The number of allylic oxidation sites excluding steroid dienone is 2. The van der Waals surface area contributed by atoms with Gasteiger partial charge in [0.05, 0.1) is 0 Å². The molecule has 1 aromatic rings. The Morgan fingerprint density at radius 1 is 1.14 bits per heavy atom. The molecule has 0 bridgehead atoms. The highest BCUT2D eigenvalue weighted by Gasteiger charge is 2.06. The highest BCUT2D eigenvalue weighted by atomic mass is 16.3. The second kappa shape index (κ2) is 4.66. The molecule has 14 heavy (non-hydrogen) atoms. The maximum Gasteiger partial charge on any atom is 0.119 e. The Kier molecular flexibility index (Phi) is 3.52. The number of phenols is 1. The van der Waals surface area contributed by atoms with Crippen molar-refractivity contribution in [2.75, 3.05) is 0 Å². The third kappa shape index (κ3) is 2.05. The summed E-state index contributed by atoms with van der Waals surface area (Å²) in [6.45, 7) is 11.3. The molecule has 0 atom stereocenters. The fraction of sp³-hybridized carbons (Fsp3) is 0.154. The lowest BCUT2D eigenvalue weighted by atomic mass is 9.97. The van der Waals surface area contributed by atoms with E-state index in [1.165, 1.54) is 0 Å². The summed E-state index contributed by atoms with van der Waals surface area (Å²) in [6.07, 6.45) is 5.03. The molecule has 0 aliphatic carbocycles. The van der Waals surface area contributed by atoms with Crippen LogP contribution in [0.25, 0.3) is 0 Å². The van der Waals surface area contributed by atoms with Crippen molar-refractivity contribution in [3.63, 3.8) is 0 Å². The second-order valence-electron chi connectivity index (χ2n) is 3.19. The topological polar surface area (TPSA) is 20.2 Å². The molecule has 0 unspecified atom stereocenters. The molecular formula is C13H15O. The summed E-state index contributed by atoms with van der Waals surface area (Å²) in [5, 5.41) is 9.60. The molecule has 1 aromatic carbocycles. The molecule has 0 saturated carbocycles. The molecule has 0 spiro atoms. The maximum atomic E-state index is 9.60. The minimum atomic E-state index is 0.294. The van der Waals surface area contributed by atoms with Gasteiger partial charge in [-0.25, -0.2) is 0 Å². The Morgan fingerprint density at radius 2 is 1.79 bits per heavy atom. The summed E-state index contributed by atoms with van der Waals surface area (Å²) in [6, 6.07) is 3.58. The largest absolute Gasteiger partial charge is 0.508 e. The van der Waals surface area contributed by atoms with Gasteiger partial charge in [-0.1, -0.05) is 18.2 Å². The van der Waals surface area contributed by atoms with Gasteiger partial charge in [0.15, 0.2) is 0 Å². The molecule has 0 fully saturated rings. The predicted octanol–water partition coefficient (Wildman–Crippen LogP) is 3.03. The summed E-state index contributed by atoms with van der Waals surface area (Å²) in [5.41, 5.74) is 2.86. The SMILES string of the molecule is [CH2]c1c(CC=C)ccc(O)c1CC=C. The van der Waals surface area contributed by atoms with E-state index in [4.69, 9.17) is 0 Å². The second-order valence-corrected chi connectivity index (χ2v) is 3.19. The third-order valence-corrected chi connectivity index (χ3v) is 2.22. The average molecular weight is 187 g/mol. The van der Waals surface area contributed by atoms with Gasteiger partial charge in [0.1, 0.15) is 5.75 Å². The van der Waals surface area contributed by atoms with Crippen LogP contribution in [0.2, 0.25) is 0 Å². The molecule has 1 nitrogen and oxygen atoms in total. The van der Waals surface area contributed by atoms with E-state index in [1.807, 2.05) is 12.1 Å². The normalized spacial score (nSPS) is 9.79. The van der Waals surface area contributed by atoms with Gasteiger partial charge in [-0.2, -0.15) is 0 Å². The summed E-state index contributed by atoms with van der Waals surface area (Å²) in [5.74, 6) is 0.294. The maximum absolute atomic E-state index is 9.60. The van der Waals surface area contributed by atoms with E-state index in [1.54, 1.807) is 12.1 Å². The molecule has 0 amide bonds. The number of rotatable bonds is 4. The van der Waals surface area contributed by atoms with Crippen molar-refractivity contribution in [1.82, 2.24) is 0 Å². The van der Waals surface area contributed by atoms with Gasteiger partial charge in [0, 0.05) is 5.56 Å². The number of aromatic hydroxyl groups is 1. The van der Waals surface area contributed by atoms with Gasteiger partial charge in [0.2, 0.25) is 0 Å². The van der Waals surface area contributed by atoms with Crippen molar-refractivity contribution >= 4 is 0 Å². The van der Waals surface area contributed by atoms with Crippen molar-refractivity contribution in [1.29, 1.82) is 0 Å². The molecule has 0 aromatic heterocycles. The van der Waals surface area contributed by atoms with E-state index in [9.17, 15) is 5.11 Å². The zero-order valence-electron chi connectivity index (χ0n) is 8.29. The van der Waals surface area contributed by atoms with Crippen LogP contribution in [0.3, 0.4) is 0 Å². The number of hydrogen-bond acceptors (Lipinski definition) is 1. The van der Waals surface area contributed by atoms with E-state index in [-0.39, 0.29) is 0 Å². The summed E-state index contributed by atoms with van der Waals surface area (Å²) >= 11 is 0. The van der Waals surface area contributed by atoms with Crippen molar-refractivity contribution in [2.45, 2.75) is 12.8 Å². The lowest BCUT2D eigenvalue weighted by molar-refractivity contribution is 0.469. The predicted molar refractivity (Wildman–Crippen MR) is 60.4 cm³/mol. The smallest absolute Gasteiger partial charge is 0.119 e. The van der Waals surface area contributed by atoms with E-state index in [0.717, 1.165) is 23.1 Å². The highest BCUT2D eigenvalue weighted by molar-refractivity contribution is 5.47. The third-order valence-electron chi connectivity index (χ3n) is 2.22. The van der Waals surface area contributed by atoms with Crippen molar-refractivity contribution in [2.24, 2.45) is 0 Å². The fourth-order valence-electron chi connectivity index (χ4n) is 1.45. The number of phenolic OH excluding ortho intramolecular Hbond substituents is 1. The Labute approximate surface area is 85.4 Å². The zero-order chi connectivity index (χ0) is 10.6. The molecule has 0 heterocycles. The van der Waals surface area contributed by atoms with Gasteiger partial charge in [-0.05, 0) is 37.0 Å². The minimum Gasteiger partial charge on any atom is -0.508 e. The summed E-state index contributed by atoms with van der Waals surface area (Å²) < 4.78 is 0. The van der Waals surface area contributed by atoms with E-state index in [2.05, 4.69) is 20.1 Å². The molecule has 1 radical (unpaired) electrons. The van der Waals surface area contributed by atoms with Crippen LogP contribution in [0.5, 0.6) is 5.75 Å². The first kappa shape index (κ1) is 10.6. The molecule has 0 saturated heterocycles. The summed E-state index contributed by atoms with van der Waals surface area (Å²) in [4.78, 5) is 0. The van der Waals surface area contributed by atoms with Crippen LogP contribution >= 0.6 is 0 Å². The lowest BCUT2D eigenvalue weighted by Crippen LogP contribution is -1.94. The lowest BCUT2D eigenvalue weighted by Gasteiger charge is -2.10. The average Bonchev–Trinajstić information content (AvgIpc) is 2.17. The van der Waals surface area contributed by atoms with Crippen LogP contribution in [0, 0.1) is 6.92 Å². The van der Waals surface area contributed by atoms with Gasteiger partial charge >= 0.3 is 0 Å². The molecule has 0 aliphatic heterocycles. The molecular weight excluding hydrogens is 172 g/mol. The van der Waals surface area contributed by atoms with Gasteiger partial charge < -0.3 is 5.11 Å². The van der Waals surface area contributed by atoms with Crippen LogP contribution in [-0.2, 0) is 12.8 Å². The summed E-state index contributed by atoms with van der Waals surface area (Å²) in [7, 11) is 0. The molecule has 0 aliphatic rings. The monoisotopic (exact) mass is 187 g/mol. The minimum absolute atomic E-state index is 0.294. The Balaban J connectivity index is 3.17. The quantitative estimate of drug-likeness (QED) is 0.718. The van der Waals surface area contributed by atoms with Crippen molar-refractivity contribution in [3.05, 3.63) is 61.1 Å². The van der Waals surface area contributed by atoms with Crippen LogP contribution in [-0.4, -0.2) is 5.11 Å². The molecule has 1 N–H and O–H groups in total. The molecule has 1 rings (SSSR count). The highest BCUT2D eigenvalue weighted by Crippen LogP contribution is 2.25. The van der Waals surface area contributed by atoms with E-state index in [0.29, 0.717) is 12.2 Å². The standard InChI is InChI=1S/C13H15O/c1-4-6-11-8-9-13(14)12(7-5-2)10(11)3/h4-5,8-9,14H,1-3,6-7H2. The Morgan fingerprint density at radius 3 is 2.36 bits per heavy atom. The van der Waals surface area contributed by atoms with Gasteiger partial charge in [0.25, 0.3) is 0 Å². The van der Waals surface area contributed by atoms with Crippen LogP contribution in [0.15, 0.2) is 37.4 Å². The van der Waals surface area contributed by atoms with Crippen molar-refractivity contribution < 1.29 is 5.11 Å². The van der Waals surface area contributed by atoms with Gasteiger partial charge in [-0.15, -0.1) is 13.2 Å². The first-order valence-electron chi connectivity index (χ1n) is 4.58.